The molecule has 0 aromatic heterocycles. The summed E-state index contributed by atoms with van der Waals surface area (Å²) in [5.74, 6) is -0.477. The van der Waals surface area contributed by atoms with Gasteiger partial charge in [0.05, 0.1) is 10.0 Å². The number of rotatable bonds is 5. The first-order valence-corrected chi connectivity index (χ1v) is 6.40. The molecule has 0 heterocycles. The van der Waals surface area contributed by atoms with Crippen LogP contribution in [0, 0.1) is 11.2 Å². The fourth-order valence-corrected chi connectivity index (χ4v) is 1.93. The molecular formula is C12H16Cl2FN3O. The molecule has 0 spiro atoms. The van der Waals surface area contributed by atoms with Crippen LogP contribution in [0.4, 0.5) is 10.1 Å². The van der Waals surface area contributed by atoms with E-state index in [0.29, 0.717) is 18.7 Å². The molecule has 0 aliphatic heterocycles. The van der Waals surface area contributed by atoms with Gasteiger partial charge in [0, 0.05) is 17.6 Å². The molecule has 0 radical (unpaired) electrons. The number of halogens is 3. The zero-order chi connectivity index (χ0) is 14.6. The van der Waals surface area contributed by atoms with Crippen molar-refractivity contribution in [2.45, 2.75) is 20.3 Å². The Bertz CT molecular complexity index is 469. The number of nitrogens with one attached hydrogen (secondary N) is 1. The van der Waals surface area contributed by atoms with Gasteiger partial charge in [-0.15, -0.1) is 0 Å². The van der Waals surface area contributed by atoms with E-state index < -0.39 is 11.2 Å². The Kier molecular flexibility index (Phi) is 5.26. The first-order valence-electron chi connectivity index (χ1n) is 5.64. The van der Waals surface area contributed by atoms with Crippen LogP contribution < -0.4 is 11.1 Å². The van der Waals surface area contributed by atoms with Crippen molar-refractivity contribution >= 4 is 34.7 Å². The lowest BCUT2D eigenvalue weighted by molar-refractivity contribution is 0.306. The normalized spacial score (nSPS) is 12.6. The lowest BCUT2D eigenvalue weighted by Gasteiger charge is -2.23. The smallest absolute Gasteiger partial charge is 0.160 e. The Morgan fingerprint density at radius 2 is 1.95 bits per heavy atom. The summed E-state index contributed by atoms with van der Waals surface area (Å²) in [7, 11) is 0. The molecule has 0 aliphatic rings. The topological polar surface area (TPSA) is 70.6 Å². The summed E-state index contributed by atoms with van der Waals surface area (Å²) in [5.41, 5.74) is 5.75. The van der Waals surface area contributed by atoms with E-state index in [9.17, 15) is 4.39 Å². The Morgan fingerprint density at radius 1 is 1.42 bits per heavy atom. The van der Waals surface area contributed by atoms with Gasteiger partial charge in [0.15, 0.2) is 5.82 Å². The molecule has 0 fully saturated rings. The second-order valence-electron chi connectivity index (χ2n) is 4.80. The fourth-order valence-electron chi connectivity index (χ4n) is 1.44. The van der Waals surface area contributed by atoms with E-state index in [0.717, 1.165) is 0 Å². The van der Waals surface area contributed by atoms with Crippen LogP contribution in [0.25, 0.3) is 0 Å². The highest BCUT2D eigenvalue weighted by Crippen LogP contribution is 2.28. The van der Waals surface area contributed by atoms with Crippen molar-refractivity contribution in [3.8, 4) is 0 Å². The Labute approximate surface area is 121 Å². The van der Waals surface area contributed by atoms with E-state index in [-0.39, 0.29) is 15.9 Å². The molecule has 0 saturated carbocycles. The summed E-state index contributed by atoms with van der Waals surface area (Å²) in [5, 5.41) is 14.6. The zero-order valence-corrected chi connectivity index (χ0v) is 12.2. The van der Waals surface area contributed by atoms with Gasteiger partial charge in [-0.1, -0.05) is 42.2 Å². The van der Waals surface area contributed by atoms with Gasteiger partial charge in [-0.05, 0) is 18.6 Å². The number of nitrogens with two attached hydrogens (primary N) is 1. The van der Waals surface area contributed by atoms with Gasteiger partial charge in [0.25, 0.3) is 0 Å². The molecule has 1 aromatic rings. The van der Waals surface area contributed by atoms with Gasteiger partial charge in [-0.2, -0.15) is 0 Å². The largest absolute Gasteiger partial charge is 0.409 e. The monoisotopic (exact) mass is 307 g/mol. The molecular weight excluding hydrogens is 292 g/mol. The average Bonchev–Trinajstić information content (AvgIpc) is 2.34. The van der Waals surface area contributed by atoms with E-state index in [1.807, 2.05) is 13.8 Å². The van der Waals surface area contributed by atoms with Crippen LogP contribution in [0.2, 0.25) is 10.0 Å². The highest BCUT2D eigenvalue weighted by atomic mass is 35.5. The van der Waals surface area contributed by atoms with Crippen molar-refractivity contribution in [3.63, 3.8) is 0 Å². The van der Waals surface area contributed by atoms with Crippen LogP contribution in [0.1, 0.15) is 20.3 Å². The van der Waals surface area contributed by atoms with Crippen LogP contribution >= 0.6 is 23.2 Å². The molecule has 0 bridgehead atoms. The number of nitrogens with zero attached hydrogens (tertiary/aromatic N) is 1. The average molecular weight is 308 g/mol. The third kappa shape index (κ3) is 4.14. The van der Waals surface area contributed by atoms with Crippen molar-refractivity contribution in [3.05, 3.63) is 28.0 Å². The van der Waals surface area contributed by atoms with E-state index in [1.165, 1.54) is 12.1 Å². The molecule has 1 aromatic carbocycles. The van der Waals surface area contributed by atoms with Crippen molar-refractivity contribution < 1.29 is 9.60 Å². The van der Waals surface area contributed by atoms with E-state index >= 15 is 0 Å². The molecule has 0 unspecified atom stereocenters. The first kappa shape index (κ1) is 15.9. The van der Waals surface area contributed by atoms with Crippen molar-refractivity contribution in [1.82, 2.24) is 0 Å². The molecule has 7 heteroatoms. The van der Waals surface area contributed by atoms with Crippen LogP contribution in [-0.4, -0.2) is 17.6 Å². The highest BCUT2D eigenvalue weighted by molar-refractivity contribution is 6.35. The van der Waals surface area contributed by atoms with Gasteiger partial charge in [-0.3, -0.25) is 0 Å². The number of hydrogen-bond donors (Lipinski definition) is 3. The maximum absolute atomic E-state index is 13.2. The van der Waals surface area contributed by atoms with E-state index in [1.54, 1.807) is 0 Å². The second kappa shape index (κ2) is 6.30. The molecule has 0 aliphatic carbocycles. The van der Waals surface area contributed by atoms with Crippen LogP contribution in [0.3, 0.4) is 0 Å². The molecule has 4 N–H and O–H groups in total. The number of anilines is 1. The Hall–Kier alpha value is -1.20. The minimum atomic E-state index is -0.633. The molecule has 1 rings (SSSR count). The van der Waals surface area contributed by atoms with Crippen molar-refractivity contribution in [2.75, 3.05) is 11.9 Å². The number of amidine groups is 1. The summed E-state index contributed by atoms with van der Waals surface area (Å²) >= 11 is 11.4. The minimum Gasteiger partial charge on any atom is -0.409 e. The summed E-state index contributed by atoms with van der Waals surface area (Å²) in [6.45, 7) is 4.25. The molecule has 106 valence electrons. The fraction of sp³-hybridized carbons (Fsp3) is 0.417. The van der Waals surface area contributed by atoms with Gasteiger partial charge < -0.3 is 16.3 Å². The molecule has 19 heavy (non-hydrogen) atoms. The lowest BCUT2D eigenvalue weighted by Crippen LogP contribution is -2.33. The maximum atomic E-state index is 13.2. The van der Waals surface area contributed by atoms with Gasteiger partial charge >= 0.3 is 0 Å². The van der Waals surface area contributed by atoms with Gasteiger partial charge in [0.2, 0.25) is 0 Å². The van der Waals surface area contributed by atoms with E-state index in [2.05, 4.69) is 10.5 Å². The highest BCUT2D eigenvalue weighted by Gasteiger charge is 2.23. The third-order valence-corrected chi connectivity index (χ3v) is 3.41. The predicted molar refractivity (Wildman–Crippen MR) is 76.7 cm³/mol. The summed E-state index contributed by atoms with van der Waals surface area (Å²) in [6, 6.07) is 2.92. The SMILES string of the molecule is CC(C)(CCNc1cc(Cl)c(F)c(Cl)c1)/C(N)=N/O. The minimum absolute atomic E-state index is 0.0364. The van der Waals surface area contributed by atoms with E-state index in [4.69, 9.17) is 34.1 Å². The maximum Gasteiger partial charge on any atom is 0.160 e. The molecule has 0 amide bonds. The summed E-state index contributed by atoms with van der Waals surface area (Å²) < 4.78 is 13.2. The van der Waals surface area contributed by atoms with Crippen molar-refractivity contribution in [1.29, 1.82) is 0 Å². The van der Waals surface area contributed by atoms with Crippen LogP contribution in [0.15, 0.2) is 17.3 Å². The first-order chi connectivity index (χ1) is 8.77. The quantitative estimate of drug-likeness (QED) is 0.255. The molecule has 0 saturated heterocycles. The summed E-state index contributed by atoms with van der Waals surface area (Å²) in [4.78, 5) is 0. The van der Waals surface area contributed by atoms with Crippen LogP contribution in [-0.2, 0) is 0 Å². The predicted octanol–water partition coefficient (Wildman–Crippen LogP) is 3.71. The Balaban J connectivity index is 2.64. The Morgan fingerprint density at radius 3 is 2.42 bits per heavy atom. The second-order valence-corrected chi connectivity index (χ2v) is 5.61. The third-order valence-electron chi connectivity index (χ3n) is 2.86. The van der Waals surface area contributed by atoms with Crippen molar-refractivity contribution in [2.24, 2.45) is 16.3 Å². The lowest BCUT2D eigenvalue weighted by atomic mass is 9.88. The van der Waals surface area contributed by atoms with Gasteiger partial charge in [0.1, 0.15) is 5.84 Å². The summed E-state index contributed by atoms with van der Waals surface area (Å²) in [6.07, 6.45) is 0.621. The number of benzene rings is 1. The molecule has 0 atom stereocenters. The van der Waals surface area contributed by atoms with Gasteiger partial charge in [-0.25, -0.2) is 4.39 Å². The number of oxime groups is 1. The number of hydrogen-bond acceptors (Lipinski definition) is 3. The van der Waals surface area contributed by atoms with Crippen LogP contribution in [0.5, 0.6) is 0 Å². The zero-order valence-electron chi connectivity index (χ0n) is 10.7. The molecule has 4 nitrogen and oxygen atoms in total. The standard InChI is InChI=1S/C12H16Cl2FN3O/c1-12(2,11(16)18-19)3-4-17-7-5-8(13)10(15)9(14)6-7/h5-6,17,19H,3-4H2,1-2H3,(H2,16,18).